The van der Waals surface area contributed by atoms with Gasteiger partial charge in [0, 0.05) is 35.4 Å². The van der Waals surface area contributed by atoms with Gasteiger partial charge < -0.3 is 4.90 Å². The maximum absolute atomic E-state index is 4.95. The molecule has 0 atom stereocenters. The minimum atomic E-state index is 0.829. The third-order valence-electron chi connectivity index (χ3n) is 5.80. The van der Waals surface area contributed by atoms with Crippen molar-refractivity contribution in [1.29, 1.82) is 0 Å². The van der Waals surface area contributed by atoms with Crippen LogP contribution in [0.2, 0.25) is 0 Å². The molecule has 0 amide bonds. The second kappa shape index (κ2) is 9.44. The number of aliphatic imine (C=N–C) groups is 1. The zero-order chi connectivity index (χ0) is 21.1. The Balaban J connectivity index is 1.52. The third kappa shape index (κ3) is 4.84. The molecule has 156 valence electrons. The lowest BCUT2D eigenvalue weighted by Gasteiger charge is -2.16. The molecule has 0 aliphatic heterocycles. The molecule has 0 bridgehead atoms. The Kier molecular flexibility index (Phi) is 6.69. The first-order chi connectivity index (χ1) is 14.5. The SMILES string of the molecule is CCN(C)C=Nc1cc(Br)c(Cc2nc(-c3ccc4c(c3)CCCC4)cs2)cc1C. The van der Waals surface area contributed by atoms with Crippen LogP contribution < -0.4 is 0 Å². The largest absolute Gasteiger partial charge is 0.366 e. The summed E-state index contributed by atoms with van der Waals surface area (Å²) in [5.74, 6) is 0. The van der Waals surface area contributed by atoms with Crippen LogP contribution in [0, 0.1) is 6.92 Å². The molecule has 1 heterocycles. The fraction of sp³-hybridized carbons (Fsp3) is 0.360. The molecule has 0 saturated carbocycles. The van der Waals surface area contributed by atoms with E-state index in [-0.39, 0.29) is 0 Å². The van der Waals surface area contributed by atoms with Gasteiger partial charge in [0.25, 0.3) is 0 Å². The van der Waals surface area contributed by atoms with Crippen LogP contribution in [-0.2, 0) is 19.3 Å². The standard InChI is InChI=1S/C25H28BrN3S/c1-4-29(3)16-27-23-14-22(26)21(11-17(23)2)13-25-28-24(15-30-25)20-10-9-18-7-5-6-8-19(18)12-20/h9-12,14-16H,4-8,13H2,1-3H3. The van der Waals surface area contributed by atoms with Gasteiger partial charge in [-0.15, -0.1) is 11.3 Å². The van der Waals surface area contributed by atoms with E-state index >= 15 is 0 Å². The van der Waals surface area contributed by atoms with Crippen LogP contribution in [0.1, 0.15) is 47.0 Å². The molecule has 0 radical (unpaired) electrons. The number of rotatable bonds is 6. The second-order valence-electron chi connectivity index (χ2n) is 8.04. The van der Waals surface area contributed by atoms with Crippen molar-refractivity contribution >= 4 is 39.3 Å². The molecule has 1 aliphatic rings. The summed E-state index contributed by atoms with van der Waals surface area (Å²) in [7, 11) is 2.03. The summed E-state index contributed by atoms with van der Waals surface area (Å²) in [6.07, 6.45) is 7.77. The van der Waals surface area contributed by atoms with Gasteiger partial charge in [-0.05, 0) is 73.9 Å². The predicted octanol–water partition coefficient (Wildman–Crippen LogP) is 6.96. The molecule has 1 aliphatic carbocycles. The van der Waals surface area contributed by atoms with Gasteiger partial charge in [0.2, 0.25) is 0 Å². The lowest BCUT2D eigenvalue weighted by Crippen LogP contribution is -2.14. The van der Waals surface area contributed by atoms with E-state index < -0.39 is 0 Å². The summed E-state index contributed by atoms with van der Waals surface area (Å²) in [6, 6.07) is 11.2. The quantitative estimate of drug-likeness (QED) is 0.281. The van der Waals surface area contributed by atoms with Crippen molar-refractivity contribution < 1.29 is 0 Å². The van der Waals surface area contributed by atoms with Crippen LogP contribution in [0.5, 0.6) is 0 Å². The molecule has 3 aromatic rings. The zero-order valence-electron chi connectivity index (χ0n) is 17.9. The van der Waals surface area contributed by atoms with Crippen molar-refractivity contribution in [2.24, 2.45) is 4.99 Å². The molecule has 0 N–H and O–H groups in total. The van der Waals surface area contributed by atoms with Gasteiger partial charge in [-0.2, -0.15) is 0 Å². The molecule has 0 spiro atoms. The summed E-state index contributed by atoms with van der Waals surface area (Å²) < 4.78 is 1.09. The van der Waals surface area contributed by atoms with Crippen molar-refractivity contribution in [3.8, 4) is 11.3 Å². The van der Waals surface area contributed by atoms with E-state index in [1.807, 2.05) is 13.4 Å². The smallest absolute Gasteiger partial charge is 0.0976 e. The topological polar surface area (TPSA) is 28.5 Å². The van der Waals surface area contributed by atoms with E-state index in [0.29, 0.717) is 0 Å². The van der Waals surface area contributed by atoms with Crippen molar-refractivity contribution in [3.63, 3.8) is 0 Å². The van der Waals surface area contributed by atoms with Crippen molar-refractivity contribution in [2.75, 3.05) is 13.6 Å². The summed E-state index contributed by atoms with van der Waals surface area (Å²) in [6.45, 7) is 5.18. The first-order valence-corrected chi connectivity index (χ1v) is 12.3. The molecule has 3 nitrogen and oxygen atoms in total. The average molecular weight is 482 g/mol. The minimum Gasteiger partial charge on any atom is -0.366 e. The lowest BCUT2D eigenvalue weighted by molar-refractivity contribution is 0.552. The zero-order valence-corrected chi connectivity index (χ0v) is 20.3. The van der Waals surface area contributed by atoms with Crippen LogP contribution in [0.3, 0.4) is 0 Å². The maximum Gasteiger partial charge on any atom is 0.0976 e. The molecule has 30 heavy (non-hydrogen) atoms. The van der Waals surface area contributed by atoms with E-state index in [1.165, 1.54) is 53.5 Å². The number of halogens is 1. The molecule has 1 aromatic heterocycles. The molecule has 5 heteroatoms. The number of nitrogens with zero attached hydrogens (tertiary/aromatic N) is 3. The van der Waals surface area contributed by atoms with Crippen LogP contribution in [0.15, 0.2) is 45.2 Å². The van der Waals surface area contributed by atoms with Gasteiger partial charge in [-0.25, -0.2) is 9.98 Å². The van der Waals surface area contributed by atoms with E-state index in [9.17, 15) is 0 Å². The van der Waals surface area contributed by atoms with Crippen LogP contribution in [-0.4, -0.2) is 29.8 Å². The number of benzene rings is 2. The van der Waals surface area contributed by atoms with E-state index in [0.717, 1.165) is 33.8 Å². The summed E-state index contributed by atoms with van der Waals surface area (Å²) in [4.78, 5) is 11.6. The number of thiazole rings is 1. The predicted molar refractivity (Wildman–Crippen MR) is 132 cm³/mol. The minimum absolute atomic E-state index is 0.829. The molecular weight excluding hydrogens is 454 g/mol. The first kappa shape index (κ1) is 21.3. The van der Waals surface area contributed by atoms with Gasteiger partial charge in [0.1, 0.15) is 0 Å². The van der Waals surface area contributed by atoms with E-state index in [4.69, 9.17) is 4.98 Å². The molecule has 4 rings (SSSR count). The molecule has 2 aromatic carbocycles. The van der Waals surface area contributed by atoms with Gasteiger partial charge >= 0.3 is 0 Å². The highest BCUT2D eigenvalue weighted by Gasteiger charge is 2.13. The number of hydrogen-bond acceptors (Lipinski definition) is 3. The maximum atomic E-state index is 4.95. The van der Waals surface area contributed by atoms with Gasteiger partial charge in [-0.1, -0.05) is 34.1 Å². The lowest BCUT2D eigenvalue weighted by atomic mass is 9.90. The summed E-state index contributed by atoms with van der Waals surface area (Å²) in [5, 5.41) is 3.34. The van der Waals surface area contributed by atoms with Crippen LogP contribution in [0.25, 0.3) is 11.3 Å². The number of fused-ring (bicyclic) bond motifs is 1. The number of hydrogen-bond donors (Lipinski definition) is 0. The normalized spacial score (nSPS) is 13.6. The van der Waals surface area contributed by atoms with Crippen LogP contribution >= 0.6 is 27.3 Å². The Labute approximate surface area is 192 Å². The Morgan fingerprint density at radius 3 is 2.77 bits per heavy atom. The highest BCUT2D eigenvalue weighted by molar-refractivity contribution is 9.10. The molecule has 0 saturated heterocycles. The third-order valence-corrected chi connectivity index (χ3v) is 7.38. The van der Waals surface area contributed by atoms with E-state index in [2.05, 4.69) is 75.4 Å². The monoisotopic (exact) mass is 481 g/mol. The Morgan fingerprint density at radius 2 is 1.97 bits per heavy atom. The van der Waals surface area contributed by atoms with Gasteiger partial charge in [-0.3, -0.25) is 0 Å². The Hall–Kier alpha value is -1.98. The van der Waals surface area contributed by atoms with Crippen molar-refractivity contribution in [1.82, 2.24) is 9.88 Å². The first-order valence-electron chi connectivity index (χ1n) is 10.6. The Morgan fingerprint density at radius 1 is 1.17 bits per heavy atom. The molecule has 0 unspecified atom stereocenters. The van der Waals surface area contributed by atoms with E-state index in [1.54, 1.807) is 11.3 Å². The summed E-state index contributed by atoms with van der Waals surface area (Å²) >= 11 is 5.49. The Bertz CT molecular complexity index is 1070. The molecule has 0 fully saturated rings. The fourth-order valence-corrected chi connectivity index (χ4v) is 5.13. The number of aryl methyl sites for hydroxylation is 3. The van der Waals surface area contributed by atoms with Crippen molar-refractivity contribution in [2.45, 2.75) is 46.0 Å². The second-order valence-corrected chi connectivity index (χ2v) is 9.84. The van der Waals surface area contributed by atoms with Crippen molar-refractivity contribution in [3.05, 3.63) is 67.4 Å². The number of aromatic nitrogens is 1. The highest BCUT2D eigenvalue weighted by Crippen LogP contribution is 2.32. The average Bonchev–Trinajstić information content (AvgIpc) is 3.23. The molecular formula is C25H28BrN3S. The summed E-state index contributed by atoms with van der Waals surface area (Å²) in [5.41, 5.74) is 8.81. The van der Waals surface area contributed by atoms with Crippen LogP contribution in [0.4, 0.5) is 5.69 Å². The van der Waals surface area contributed by atoms with Gasteiger partial charge in [0.15, 0.2) is 0 Å². The fourth-order valence-electron chi connectivity index (χ4n) is 3.83. The van der Waals surface area contributed by atoms with Gasteiger partial charge in [0.05, 0.1) is 22.7 Å². The highest BCUT2D eigenvalue weighted by atomic mass is 79.9.